The van der Waals surface area contributed by atoms with Crippen molar-refractivity contribution in [3.8, 4) is 12.3 Å². The molecule has 1 saturated heterocycles. The van der Waals surface area contributed by atoms with E-state index in [-0.39, 0.29) is 29.3 Å². The third-order valence-corrected chi connectivity index (χ3v) is 6.07. The maximum absolute atomic E-state index is 12.9. The summed E-state index contributed by atoms with van der Waals surface area (Å²) in [5.74, 6) is 2.53. The van der Waals surface area contributed by atoms with Crippen LogP contribution in [-0.4, -0.2) is 37.3 Å². The first-order chi connectivity index (χ1) is 12.4. The Morgan fingerprint density at radius 2 is 2.00 bits per heavy atom. The predicted octanol–water partition coefficient (Wildman–Crippen LogP) is 0.705. The lowest BCUT2D eigenvalue weighted by Gasteiger charge is -2.17. The summed E-state index contributed by atoms with van der Waals surface area (Å²) >= 11 is 1.35. The number of aliphatic hydroxyl groups is 2. The molecule has 6 nitrogen and oxygen atoms in total. The molecule has 1 aliphatic rings. The fraction of sp³-hybridized carbons (Fsp3) is 0.368. The Balaban J connectivity index is 1.98. The van der Waals surface area contributed by atoms with Gasteiger partial charge >= 0.3 is 5.69 Å². The van der Waals surface area contributed by atoms with Crippen LogP contribution >= 0.6 is 11.8 Å². The number of aliphatic hydroxyl groups excluding tert-OH is 2. The van der Waals surface area contributed by atoms with Crippen molar-refractivity contribution in [1.29, 1.82) is 0 Å². The number of benzene rings is 1. The average molecular weight is 372 g/mol. The summed E-state index contributed by atoms with van der Waals surface area (Å²) in [7, 11) is 0. The molecule has 1 aliphatic heterocycles. The van der Waals surface area contributed by atoms with E-state index in [4.69, 9.17) is 6.42 Å². The standard InChI is InChI=1S/C19H20N2O4S/c1-3-13-4-6-14(7-5-13)10-21-18(24)12(2)9-20(19(21)25)17-8-15(23)16(11-22)26-17/h1,4-7,9,15-17,22-23H,8,10-11H2,2H3/t15?,16-,17?/m1/s1. The molecule has 1 aromatic heterocycles. The van der Waals surface area contributed by atoms with Crippen LogP contribution in [0, 0.1) is 19.3 Å². The highest BCUT2D eigenvalue weighted by Gasteiger charge is 2.35. The molecule has 26 heavy (non-hydrogen) atoms. The van der Waals surface area contributed by atoms with Gasteiger partial charge in [0.2, 0.25) is 0 Å². The number of aryl methyl sites for hydroxylation is 1. The Morgan fingerprint density at radius 1 is 1.31 bits per heavy atom. The summed E-state index contributed by atoms with van der Waals surface area (Å²) in [6, 6.07) is 7.13. The van der Waals surface area contributed by atoms with E-state index in [2.05, 4.69) is 5.92 Å². The average Bonchev–Trinajstić information content (AvgIpc) is 3.02. The van der Waals surface area contributed by atoms with E-state index < -0.39 is 11.8 Å². The van der Waals surface area contributed by atoms with Crippen molar-refractivity contribution in [1.82, 2.24) is 9.13 Å². The molecule has 0 aliphatic carbocycles. The monoisotopic (exact) mass is 372 g/mol. The van der Waals surface area contributed by atoms with E-state index in [0.717, 1.165) is 11.1 Å². The second kappa shape index (κ2) is 7.54. The van der Waals surface area contributed by atoms with Gasteiger partial charge in [-0.15, -0.1) is 18.2 Å². The number of thioether (sulfide) groups is 1. The second-order valence-electron chi connectivity index (χ2n) is 6.35. The summed E-state index contributed by atoms with van der Waals surface area (Å²) in [6.45, 7) is 1.65. The van der Waals surface area contributed by atoms with E-state index in [9.17, 15) is 19.8 Å². The smallest absolute Gasteiger partial charge is 0.332 e. The van der Waals surface area contributed by atoms with Gasteiger partial charge in [-0.25, -0.2) is 4.79 Å². The Hall–Kier alpha value is -2.27. The number of rotatable bonds is 4. The number of aromatic nitrogens is 2. The van der Waals surface area contributed by atoms with E-state index in [1.54, 1.807) is 31.2 Å². The van der Waals surface area contributed by atoms with Crippen molar-refractivity contribution in [2.75, 3.05) is 6.61 Å². The summed E-state index contributed by atoms with van der Waals surface area (Å²) in [4.78, 5) is 25.4. The second-order valence-corrected chi connectivity index (χ2v) is 7.77. The van der Waals surface area contributed by atoms with Crippen molar-refractivity contribution in [2.45, 2.75) is 36.6 Å². The number of terminal acetylenes is 1. The number of hydrogen-bond acceptors (Lipinski definition) is 5. The van der Waals surface area contributed by atoms with Crippen LogP contribution in [0.4, 0.5) is 0 Å². The van der Waals surface area contributed by atoms with Gasteiger partial charge in [0, 0.05) is 23.7 Å². The van der Waals surface area contributed by atoms with Crippen LogP contribution in [0.15, 0.2) is 40.1 Å². The maximum atomic E-state index is 12.9. The number of hydrogen-bond donors (Lipinski definition) is 2. The fourth-order valence-electron chi connectivity index (χ4n) is 3.04. The van der Waals surface area contributed by atoms with E-state index in [1.165, 1.54) is 27.1 Å². The van der Waals surface area contributed by atoms with Crippen LogP contribution in [0.5, 0.6) is 0 Å². The Kier molecular flexibility index (Phi) is 5.37. The zero-order valence-electron chi connectivity index (χ0n) is 14.3. The topological polar surface area (TPSA) is 84.5 Å². The van der Waals surface area contributed by atoms with Gasteiger partial charge in [0.05, 0.1) is 29.9 Å². The van der Waals surface area contributed by atoms with E-state index in [1.807, 2.05) is 0 Å². The van der Waals surface area contributed by atoms with Gasteiger partial charge in [0.25, 0.3) is 5.56 Å². The molecule has 0 radical (unpaired) electrons. The summed E-state index contributed by atoms with van der Waals surface area (Å²) in [6.07, 6.45) is 6.55. The SMILES string of the molecule is C#Cc1ccc(Cn2c(=O)c(C)cn(C3CC(O)[C@@H](CO)S3)c2=O)cc1. The minimum atomic E-state index is -0.682. The van der Waals surface area contributed by atoms with Crippen molar-refractivity contribution < 1.29 is 10.2 Å². The zero-order chi connectivity index (χ0) is 18.8. The molecule has 2 heterocycles. The molecule has 7 heteroatoms. The maximum Gasteiger partial charge on any atom is 0.332 e. The molecule has 136 valence electrons. The van der Waals surface area contributed by atoms with Crippen molar-refractivity contribution >= 4 is 11.8 Å². The molecular weight excluding hydrogens is 352 g/mol. The molecule has 2 unspecified atom stereocenters. The van der Waals surface area contributed by atoms with Gasteiger partial charge in [-0.1, -0.05) is 18.1 Å². The molecule has 3 atom stereocenters. The third-order valence-electron chi connectivity index (χ3n) is 4.52. The molecule has 2 aromatic rings. The first-order valence-corrected chi connectivity index (χ1v) is 9.21. The van der Waals surface area contributed by atoms with Gasteiger partial charge in [-0.2, -0.15) is 0 Å². The lowest BCUT2D eigenvalue weighted by Crippen LogP contribution is -2.41. The van der Waals surface area contributed by atoms with Crippen LogP contribution in [0.25, 0.3) is 0 Å². The van der Waals surface area contributed by atoms with Crippen molar-refractivity contribution in [2.24, 2.45) is 0 Å². The predicted molar refractivity (Wildman–Crippen MR) is 101 cm³/mol. The molecule has 0 amide bonds. The Labute approximate surface area is 155 Å². The van der Waals surface area contributed by atoms with Crippen molar-refractivity contribution in [3.63, 3.8) is 0 Å². The highest BCUT2D eigenvalue weighted by Crippen LogP contribution is 2.40. The number of nitrogens with zero attached hydrogens (tertiary/aromatic N) is 2. The third kappa shape index (κ3) is 3.49. The van der Waals surface area contributed by atoms with E-state index >= 15 is 0 Å². The summed E-state index contributed by atoms with van der Waals surface area (Å²) < 4.78 is 2.68. The van der Waals surface area contributed by atoms with Gasteiger partial charge in [-0.05, 0) is 24.6 Å². The summed E-state index contributed by atoms with van der Waals surface area (Å²) in [5, 5.41) is 18.7. The lowest BCUT2D eigenvalue weighted by molar-refractivity contribution is 0.137. The zero-order valence-corrected chi connectivity index (χ0v) is 15.1. The normalized spacial score (nSPS) is 22.3. The Morgan fingerprint density at radius 3 is 2.58 bits per heavy atom. The van der Waals surface area contributed by atoms with Crippen LogP contribution in [-0.2, 0) is 6.54 Å². The van der Waals surface area contributed by atoms with Crippen LogP contribution in [0.1, 0.15) is 28.5 Å². The van der Waals surface area contributed by atoms with Gasteiger partial charge in [0.1, 0.15) is 0 Å². The minimum absolute atomic E-state index is 0.146. The largest absolute Gasteiger partial charge is 0.395 e. The van der Waals surface area contributed by atoms with Gasteiger partial charge in [-0.3, -0.25) is 13.9 Å². The minimum Gasteiger partial charge on any atom is -0.395 e. The lowest BCUT2D eigenvalue weighted by atomic mass is 10.1. The molecule has 0 spiro atoms. The first kappa shape index (κ1) is 18.5. The highest BCUT2D eigenvalue weighted by atomic mass is 32.2. The molecule has 1 aromatic carbocycles. The van der Waals surface area contributed by atoms with Crippen LogP contribution < -0.4 is 11.2 Å². The molecular formula is C19H20N2O4S. The quantitative estimate of drug-likeness (QED) is 0.772. The molecule has 2 N–H and O–H groups in total. The van der Waals surface area contributed by atoms with Crippen LogP contribution in [0.3, 0.4) is 0 Å². The van der Waals surface area contributed by atoms with Crippen LogP contribution in [0.2, 0.25) is 0 Å². The van der Waals surface area contributed by atoms with E-state index in [0.29, 0.717) is 12.0 Å². The van der Waals surface area contributed by atoms with Crippen molar-refractivity contribution in [3.05, 3.63) is 68.0 Å². The highest BCUT2D eigenvalue weighted by molar-refractivity contribution is 8.00. The Bertz CT molecular complexity index is 955. The molecule has 1 fully saturated rings. The van der Waals surface area contributed by atoms with Gasteiger partial charge < -0.3 is 10.2 Å². The van der Waals surface area contributed by atoms with Gasteiger partial charge in [0.15, 0.2) is 0 Å². The molecule has 0 bridgehead atoms. The molecule has 3 rings (SSSR count). The fourth-order valence-corrected chi connectivity index (χ4v) is 4.42. The summed E-state index contributed by atoms with van der Waals surface area (Å²) in [5.41, 5.74) is 1.22. The first-order valence-electron chi connectivity index (χ1n) is 8.27. The molecule has 0 saturated carbocycles.